The number of likely N-dealkylation sites (tertiary alicyclic amines) is 1. The van der Waals surface area contributed by atoms with Crippen molar-refractivity contribution in [1.82, 2.24) is 9.80 Å². The summed E-state index contributed by atoms with van der Waals surface area (Å²) in [6.07, 6.45) is 3.42. The first-order valence-corrected chi connectivity index (χ1v) is 7.71. The van der Waals surface area contributed by atoms with E-state index in [0.717, 1.165) is 19.4 Å². The van der Waals surface area contributed by atoms with Crippen LogP contribution in [0.5, 0.6) is 0 Å². The monoisotopic (exact) mass is 298 g/mol. The van der Waals surface area contributed by atoms with Gasteiger partial charge < -0.3 is 14.2 Å². The van der Waals surface area contributed by atoms with Gasteiger partial charge >= 0.3 is 0 Å². The van der Waals surface area contributed by atoms with Crippen LogP contribution in [0.1, 0.15) is 22.5 Å². The second kappa shape index (κ2) is 6.36. The van der Waals surface area contributed by atoms with Crippen molar-refractivity contribution in [2.24, 2.45) is 0 Å². The van der Waals surface area contributed by atoms with Gasteiger partial charge in [-0.1, -0.05) is 30.3 Å². The van der Waals surface area contributed by atoms with Crippen molar-refractivity contribution in [2.45, 2.75) is 24.9 Å². The molecule has 1 fully saturated rings. The van der Waals surface area contributed by atoms with Crippen LogP contribution < -0.4 is 0 Å². The Balaban J connectivity index is 1.84. The summed E-state index contributed by atoms with van der Waals surface area (Å²) in [6.45, 7) is 0.778. The molecule has 2 atom stereocenters. The van der Waals surface area contributed by atoms with Gasteiger partial charge in [-0.3, -0.25) is 4.79 Å². The van der Waals surface area contributed by atoms with Gasteiger partial charge in [0.15, 0.2) is 5.76 Å². The Kier molecular flexibility index (Phi) is 4.29. The third-order valence-electron chi connectivity index (χ3n) is 4.45. The highest BCUT2D eigenvalue weighted by molar-refractivity contribution is 5.92. The normalized spacial score (nSPS) is 21.5. The van der Waals surface area contributed by atoms with Crippen molar-refractivity contribution < 1.29 is 9.21 Å². The van der Waals surface area contributed by atoms with Gasteiger partial charge in [0.2, 0.25) is 0 Å². The summed E-state index contributed by atoms with van der Waals surface area (Å²) in [6, 6.07) is 14.4. The zero-order chi connectivity index (χ0) is 15.5. The zero-order valence-corrected chi connectivity index (χ0v) is 13.1. The molecule has 1 aliphatic heterocycles. The van der Waals surface area contributed by atoms with Crippen molar-refractivity contribution >= 4 is 5.91 Å². The van der Waals surface area contributed by atoms with E-state index in [1.165, 1.54) is 5.56 Å². The van der Waals surface area contributed by atoms with Gasteiger partial charge in [-0.25, -0.2) is 0 Å². The number of hydrogen-bond donors (Lipinski definition) is 0. The predicted molar refractivity (Wildman–Crippen MR) is 85.8 cm³/mol. The van der Waals surface area contributed by atoms with Gasteiger partial charge in [0.25, 0.3) is 5.91 Å². The summed E-state index contributed by atoms with van der Waals surface area (Å²) in [7, 11) is 4.17. The van der Waals surface area contributed by atoms with Crippen LogP contribution in [0.4, 0.5) is 0 Å². The molecule has 0 saturated carbocycles. The molecule has 0 aliphatic carbocycles. The topological polar surface area (TPSA) is 36.7 Å². The first-order chi connectivity index (χ1) is 10.7. The Bertz CT molecular complexity index is 607. The van der Waals surface area contributed by atoms with Crippen LogP contribution in [0.15, 0.2) is 53.1 Å². The van der Waals surface area contributed by atoms with E-state index in [4.69, 9.17) is 4.42 Å². The van der Waals surface area contributed by atoms with Gasteiger partial charge in [-0.15, -0.1) is 0 Å². The maximum atomic E-state index is 12.7. The predicted octanol–water partition coefficient (Wildman–Crippen LogP) is 2.67. The fourth-order valence-corrected chi connectivity index (χ4v) is 3.34. The van der Waals surface area contributed by atoms with Crippen molar-refractivity contribution in [3.63, 3.8) is 0 Å². The number of carbonyl (C=O) groups excluding carboxylic acids is 1. The first-order valence-electron chi connectivity index (χ1n) is 7.71. The van der Waals surface area contributed by atoms with E-state index in [2.05, 4.69) is 31.1 Å². The highest BCUT2D eigenvalue weighted by atomic mass is 16.3. The van der Waals surface area contributed by atoms with E-state index < -0.39 is 0 Å². The molecule has 1 aromatic carbocycles. The molecular formula is C18H22N2O2. The summed E-state index contributed by atoms with van der Waals surface area (Å²) in [4.78, 5) is 16.9. The molecule has 0 unspecified atom stereocenters. The lowest BCUT2D eigenvalue weighted by Gasteiger charge is -2.31. The molecule has 22 heavy (non-hydrogen) atoms. The molecule has 1 saturated heterocycles. The SMILES string of the molecule is CN(C)[C@@H]1CCN(C(=O)c2ccco2)[C@H]1Cc1ccccc1. The lowest BCUT2D eigenvalue weighted by Crippen LogP contribution is -2.45. The number of amides is 1. The van der Waals surface area contributed by atoms with E-state index in [1.54, 1.807) is 18.4 Å². The summed E-state index contributed by atoms with van der Waals surface area (Å²) < 4.78 is 5.30. The Hall–Kier alpha value is -2.07. The van der Waals surface area contributed by atoms with E-state index in [0.29, 0.717) is 11.8 Å². The lowest BCUT2D eigenvalue weighted by atomic mass is 9.99. The van der Waals surface area contributed by atoms with Crippen molar-refractivity contribution in [3.05, 3.63) is 60.1 Å². The molecule has 0 radical (unpaired) electrons. The Morgan fingerprint density at radius 3 is 2.64 bits per heavy atom. The molecule has 2 aromatic rings. The number of rotatable bonds is 4. The molecule has 4 nitrogen and oxygen atoms in total. The van der Waals surface area contributed by atoms with Crippen molar-refractivity contribution in [2.75, 3.05) is 20.6 Å². The van der Waals surface area contributed by atoms with Crippen LogP contribution in [0.3, 0.4) is 0 Å². The van der Waals surface area contributed by atoms with E-state index in [9.17, 15) is 4.79 Å². The quantitative estimate of drug-likeness (QED) is 0.871. The van der Waals surface area contributed by atoms with Gasteiger partial charge in [-0.05, 0) is 44.6 Å². The number of benzene rings is 1. The average Bonchev–Trinajstić information content (AvgIpc) is 3.17. The number of nitrogens with zero attached hydrogens (tertiary/aromatic N) is 2. The molecule has 2 heterocycles. The van der Waals surface area contributed by atoms with E-state index in [-0.39, 0.29) is 11.9 Å². The molecule has 0 N–H and O–H groups in total. The maximum Gasteiger partial charge on any atom is 0.289 e. The van der Waals surface area contributed by atoms with Gasteiger partial charge in [0.05, 0.1) is 12.3 Å². The number of carbonyl (C=O) groups is 1. The minimum atomic E-state index is -0.00437. The van der Waals surface area contributed by atoms with Gasteiger partial charge in [0.1, 0.15) is 0 Å². The molecule has 116 valence electrons. The Labute approximate surface area is 131 Å². The van der Waals surface area contributed by atoms with Gasteiger partial charge in [-0.2, -0.15) is 0 Å². The van der Waals surface area contributed by atoms with Crippen LogP contribution in [0.25, 0.3) is 0 Å². The number of hydrogen-bond acceptors (Lipinski definition) is 3. The first kappa shape index (κ1) is 14.9. The summed E-state index contributed by atoms with van der Waals surface area (Å²) >= 11 is 0. The standard InChI is InChI=1S/C18H22N2O2/c1-19(2)15-10-11-20(18(21)17-9-6-12-22-17)16(15)13-14-7-4-3-5-8-14/h3-9,12,15-16H,10-11,13H2,1-2H3/t15-,16+/m1/s1. The third kappa shape index (κ3) is 2.92. The van der Waals surface area contributed by atoms with Crippen LogP contribution >= 0.6 is 0 Å². The Morgan fingerprint density at radius 2 is 2.00 bits per heavy atom. The molecule has 0 bridgehead atoms. The fraction of sp³-hybridized carbons (Fsp3) is 0.389. The van der Waals surface area contributed by atoms with Crippen LogP contribution in [0, 0.1) is 0 Å². The molecule has 1 amide bonds. The summed E-state index contributed by atoms with van der Waals surface area (Å²) in [5.74, 6) is 0.424. The Morgan fingerprint density at radius 1 is 1.23 bits per heavy atom. The highest BCUT2D eigenvalue weighted by Crippen LogP contribution is 2.26. The second-order valence-corrected chi connectivity index (χ2v) is 6.05. The van der Waals surface area contributed by atoms with Crippen molar-refractivity contribution in [1.29, 1.82) is 0 Å². The molecule has 3 rings (SSSR count). The minimum Gasteiger partial charge on any atom is -0.459 e. The largest absolute Gasteiger partial charge is 0.459 e. The third-order valence-corrected chi connectivity index (χ3v) is 4.45. The van der Waals surface area contributed by atoms with Crippen LogP contribution in [-0.2, 0) is 6.42 Å². The van der Waals surface area contributed by atoms with Gasteiger partial charge in [0, 0.05) is 12.6 Å². The highest BCUT2D eigenvalue weighted by Gasteiger charge is 2.39. The number of furan rings is 1. The molecule has 1 aromatic heterocycles. The van der Waals surface area contributed by atoms with Crippen molar-refractivity contribution in [3.8, 4) is 0 Å². The number of likely N-dealkylation sites (N-methyl/N-ethyl adjacent to an activating group) is 1. The zero-order valence-electron chi connectivity index (χ0n) is 13.1. The molecule has 4 heteroatoms. The lowest BCUT2D eigenvalue weighted by molar-refractivity contribution is 0.0672. The molecule has 0 spiro atoms. The minimum absolute atomic E-state index is 0.00437. The fourth-order valence-electron chi connectivity index (χ4n) is 3.34. The van der Waals surface area contributed by atoms with E-state index >= 15 is 0 Å². The van der Waals surface area contributed by atoms with Crippen LogP contribution in [-0.4, -0.2) is 48.4 Å². The van der Waals surface area contributed by atoms with Crippen LogP contribution in [0.2, 0.25) is 0 Å². The van der Waals surface area contributed by atoms with E-state index in [1.807, 2.05) is 23.1 Å². The smallest absolute Gasteiger partial charge is 0.289 e. The molecular weight excluding hydrogens is 276 g/mol. The average molecular weight is 298 g/mol. The summed E-state index contributed by atoms with van der Waals surface area (Å²) in [5, 5.41) is 0. The molecule has 1 aliphatic rings. The summed E-state index contributed by atoms with van der Waals surface area (Å²) in [5.41, 5.74) is 1.26. The second-order valence-electron chi connectivity index (χ2n) is 6.05. The maximum absolute atomic E-state index is 12.7.